The molecule has 0 spiro atoms. The molecule has 0 unspecified atom stereocenters. The Labute approximate surface area is 89.2 Å². The first-order valence-corrected chi connectivity index (χ1v) is 5.01. The van der Waals surface area contributed by atoms with Crippen molar-refractivity contribution >= 4 is 10.9 Å². The smallest absolute Gasteiger partial charge is 0.101 e. The number of nitriles is 1. The monoisotopic (exact) mass is 196 g/mol. The lowest BCUT2D eigenvalue weighted by molar-refractivity contribution is 0.876. The lowest BCUT2D eigenvalue weighted by atomic mass is 9.96. The SMILES string of the molecule is CC(C)c1ccc(C#N)c2ncccc12. The second kappa shape index (κ2) is 3.70. The van der Waals surface area contributed by atoms with Crippen LogP contribution < -0.4 is 0 Å². The van der Waals surface area contributed by atoms with Gasteiger partial charge in [-0.2, -0.15) is 5.26 Å². The van der Waals surface area contributed by atoms with E-state index in [1.807, 2.05) is 24.3 Å². The molecule has 2 aromatic rings. The predicted octanol–water partition coefficient (Wildman–Crippen LogP) is 3.23. The Balaban J connectivity index is 2.85. The summed E-state index contributed by atoms with van der Waals surface area (Å²) in [5.74, 6) is 0.449. The van der Waals surface area contributed by atoms with Gasteiger partial charge in [-0.05, 0) is 23.6 Å². The van der Waals surface area contributed by atoms with Gasteiger partial charge < -0.3 is 0 Å². The average molecular weight is 196 g/mol. The molecule has 0 saturated heterocycles. The van der Waals surface area contributed by atoms with Crippen molar-refractivity contribution in [2.45, 2.75) is 19.8 Å². The van der Waals surface area contributed by atoms with Crippen molar-refractivity contribution in [1.82, 2.24) is 4.98 Å². The molecular formula is C13H12N2. The van der Waals surface area contributed by atoms with E-state index < -0.39 is 0 Å². The number of fused-ring (bicyclic) bond motifs is 1. The number of aromatic nitrogens is 1. The first-order chi connectivity index (χ1) is 7.24. The predicted molar refractivity (Wildman–Crippen MR) is 60.5 cm³/mol. The summed E-state index contributed by atoms with van der Waals surface area (Å²) in [6.45, 7) is 4.29. The Morgan fingerprint density at radius 2 is 2.07 bits per heavy atom. The molecule has 2 heteroatoms. The van der Waals surface area contributed by atoms with E-state index >= 15 is 0 Å². The van der Waals surface area contributed by atoms with E-state index in [0.717, 1.165) is 10.9 Å². The highest BCUT2D eigenvalue weighted by Crippen LogP contribution is 2.25. The summed E-state index contributed by atoms with van der Waals surface area (Å²) in [6.07, 6.45) is 1.73. The molecule has 2 nitrogen and oxygen atoms in total. The maximum absolute atomic E-state index is 8.98. The third-order valence-electron chi connectivity index (χ3n) is 2.55. The second-order valence-electron chi connectivity index (χ2n) is 3.87. The number of rotatable bonds is 1. The summed E-state index contributed by atoms with van der Waals surface area (Å²) in [4.78, 5) is 4.27. The summed E-state index contributed by atoms with van der Waals surface area (Å²) in [6, 6.07) is 9.98. The molecule has 1 aromatic carbocycles. The lowest BCUT2D eigenvalue weighted by Gasteiger charge is -2.09. The van der Waals surface area contributed by atoms with E-state index in [1.54, 1.807) is 6.20 Å². The molecule has 0 fully saturated rings. The molecule has 0 amide bonds. The molecule has 0 N–H and O–H groups in total. The topological polar surface area (TPSA) is 36.7 Å². The first-order valence-electron chi connectivity index (χ1n) is 5.01. The fraction of sp³-hybridized carbons (Fsp3) is 0.231. The van der Waals surface area contributed by atoms with Crippen LogP contribution in [0.15, 0.2) is 30.5 Å². The Morgan fingerprint density at radius 1 is 1.27 bits per heavy atom. The average Bonchev–Trinajstić information content (AvgIpc) is 2.27. The van der Waals surface area contributed by atoms with Gasteiger partial charge in [-0.25, -0.2) is 0 Å². The molecular weight excluding hydrogens is 184 g/mol. The molecule has 1 heterocycles. The van der Waals surface area contributed by atoms with Gasteiger partial charge in [0.25, 0.3) is 0 Å². The van der Waals surface area contributed by atoms with E-state index in [9.17, 15) is 0 Å². The van der Waals surface area contributed by atoms with Gasteiger partial charge in [0.1, 0.15) is 6.07 Å². The third-order valence-corrected chi connectivity index (χ3v) is 2.55. The van der Waals surface area contributed by atoms with E-state index in [1.165, 1.54) is 5.56 Å². The number of nitrogens with zero attached hydrogens (tertiary/aromatic N) is 2. The second-order valence-corrected chi connectivity index (χ2v) is 3.87. The Bertz CT molecular complexity index is 536. The highest BCUT2D eigenvalue weighted by atomic mass is 14.6. The molecule has 0 aliphatic carbocycles. The van der Waals surface area contributed by atoms with Crippen molar-refractivity contribution in [2.75, 3.05) is 0 Å². The Hall–Kier alpha value is -1.88. The molecule has 0 bridgehead atoms. The van der Waals surface area contributed by atoms with E-state index in [2.05, 4.69) is 24.9 Å². The molecule has 2 rings (SSSR count). The van der Waals surface area contributed by atoms with Crippen molar-refractivity contribution < 1.29 is 0 Å². The number of benzene rings is 1. The maximum atomic E-state index is 8.98. The van der Waals surface area contributed by atoms with Crippen molar-refractivity contribution in [2.24, 2.45) is 0 Å². The minimum absolute atomic E-state index is 0.449. The fourth-order valence-corrected chi connectivity index (χ4v) is 1.79. The van der Waals surface area contributed by atoms with Crippen LogP contribution in [0.1, 0.15) is 30.9 Å². The van der Waals surface area contributed by atoms with Gasteiger partial charge in [-0.15, -0.1) is 0 Å². The van der Waals surface area contributed by atoms with Crippen LogP contribution in [0, 0.1) is 11.3 Å². The van der Waals surface area contributed by atoms with Crippen LogP contribution in [-0.2, 0) is 0 Å². The Kier molecular flexibility index (Phi) is 2.39. The molecule has 0 radical (unpaired) electrons. The van der Waals surface area contributed by atoms with Gasteiger partial charge >= 0.3 is 0 Å². The molecule has 0 aliphatic heterocycles. The Morgan fingerprint density at radius 3 is 2.73 bits per heavy atom. The van der Waals surface area contributed by atoms with Gasteiger partial charge in [-0.3, -0.25) is 4.98 Å². The molecule has 0 aliphatic rings. The third kappa shape index (κ3) is 1.57. The minimum atomic E-state index is 0.449. The van der Waals surface area contributed by atoms with Crippen LogP contribution in [0.5, 0.6) is 0 Å². The summed E-state index contributed by atoms with van der Waals surface area (Å²) >= 11 is 0. The zero-order valence-electron chi connectivity index (χ0n) is 8.86. The normalized spacial score (nSPS) is 10.5. The molecule has 0 saturated carbocycles. The molecule has 1 aromatic heterocycles. The summed E-state index contributed by atoms with van der Waals surface area (Å²) in [7, 11) is 0. The van der Waals surface area contributed by atoms with Gasteiger partial charge in [-0.1, -0.05) is 26.0 Å². The standard InChI is InChI=1S/C13H12N2/c1-9(2)11-6-5-10(8-14)13-12(11)4-3-7-15-13/h3-7,9H,1-2H3. The van der Waals surface area contributed by atoms with Crippen LogP contribution in [0.25, 0.3) is 10.9 Å². The van der Waals surface area contributed by atoms with Crippen molar-refractivity contribution in [3.05, 3.63) is 41.6 Å². The zero-order chi connectivity index (χ0) is 10.8. The van der Waals surface area contributed by atoms with E-state index in [4.69, 9.17) is 5.26 Å². The van der Waals surface area contributed by atoms with E-state index in [-0.39, 0.29) is 0 Å². The largest absolute Gasteiger partial charge is 0.255 e. The summed E-state index contributed by atoms with van der Waals surface area (Å²) in [5.41, 5.74) is 2.71. The van der Waals surface area contributed by atoms with Gasteiger partial charge in [0.05, 0.1) is 11.1 Å². The lowest BCUT2D eigenvalue weighted by Crippen LogP contribution is -1.92. The quantitative estimate of drug-likeness (QED) is 0.702. The summed E-state index contributed by atoms with van der Waals surface area (Å²) in [5, 5.41) is 10.1. The van der Waals surface area contributed by atoms with Crippen molar-refractivity contribution in [3.63, 3.8) is 0 Å². The van der Waals surface area contributed by atoms with Gasteiger partial charge in [0, 0.05) is 11.6 Å². The number of pyridine rings is 1. The van der Waals surface area contributed by atoms with Crippen LogP contribution in [-0.4, -0.2) is 4.98 Å². The first kappa shape index (κ1) is 9.67. The van der Waals surface area contributed by atoms with Gasteiger partial charge in [0.2, 0.25) is 0 Å². The minimum Gasteiger partial charge on any atom is -0.255 e. The van der Waals surface area contributed by atoms with Crippen molar-refractivity contribution in [3.8, 4) is 6.07 Å². The highest BCUT2D eigenvalue weighted by Gasteiger charge is 2.08. The number of hydrogen-bond acceptors (Lipinski definition) is 2. The molecule has 15 heavy (non-hydrogen) atoms. The zero-order valence-corrected chi connectivity index (χ0v) is 8.86. The molecule has 0 atom stereocenters. The van der Waals surface area contributed by atoms with Gasteiger partial charge in [0.15, 0.2) is 0 Å². The molecule has 74 valence electrons. The fourth-order valence-electron chi connectivity index (χ4n) is 1.79. The summed E-state index contributed by atoms with van der Waals surface area (Å²) < 4.78 is 0. The van der Waals surface area contributed by atoms with Crippen LogP contribution in [0.2, 0.25) is 0 Å². The van der Waals surface area contributed by atoms with E-state index in [0.29, 0.717) is 11.5 Å². The maximum Gasteiger partial charge on any atom is 0.101 e. The van der Waals surface area contributed by atoms with Crippen LogP contribution in [0.3, 0.4) is 0 Å². The number of hydrogen-bond donors (Lipinski definition) is 0. The van der Waals surface area contributed by atoms with Crippen LogP contribution in [0.4, 0.5) is 0 Å². The van der Waals surface area contributed by atoms with Crippen molar-refractivity contribution in [1.29, 1.82) is 5.26 Å². The van der Waals surface area contributed by atoms with Crippen LogP contribution >= 0.6 is 0 Å². The highest BCUT2D eigenvalue weighted by molar-refractivity contribution is 5.87.